The monoisotopic (exact) mass is 155 g/mol. The Kier molecular flexibility index (Phi) is 1.98. The predicted molar refractivity (Wildman–Crippen MR) is 42.4 cm³/mol. The lowest BCUT2D eigenvalue weighted by Gasteiger charge is -2.12. The van der Waals surface area contributed by atoms with Gasteiger partial charge in [-0.3, -0.25) is 0 Å². The molecule has 0 unspecified atom stereocenters. The van der Waals surface area contributed by atoms with Crippen molar-refractivity contribution < 1.29 is 9.50 Å². The summed E-state index contributed by atoms with van der Waals surface area (Å²) in [7, 11) is 3.49. The summed E-state index contributed by atoms with van der Waals surface area (Å²) in [4.78, 5) is 1.65. The number of rotatable bonds is 1. The first-order valence-electron chi connectivity index (χ1n) is 3.27. The molecule has 0 bridgehead atoms. The van der Waals surface area contributed by atoms with Gasteiger partial charge in [-0.15, -0.1) is 0 Å². The molecule has 0 amide bonds. The molecular formula is C8H10FNO. The predicted octanol–water partition coefficient (Wildman–Crippen LogP) is 1.60. The number of phenolic OH excluding ortho intramolecular Hbond substituents is 1. The van der Waals surface area contributed by atoms with Gasteiger partial charge >= 0.3 is 0 Å². The second-order valence-electron chi connectivity index (χ2n) is 2.53. The van der Waals surface area contributed by atoms with Crippen LogP contribution in [0.5, 0.6) is 5.75 Å². The summed E-state index contributed by atoms with van der Waals surface area (Å²) < 4.78 is 12.9. The summed E-state index contributed by atoms with van der Waals surface area (Å²) in [5.74, 6) is -0.455. The van der Waals surface area contributed by atoms with Crippen LogP contribution in [0.2, 0.25) is 0 Å². The fourth-order valence-corrected chi connectivity index (χ4v) is 0.859. The molecule has 11 heavy (non-hydrogen) atoms. The van der Waals surface area contributed by atoms with Crippen LogP contribution in [0.4, 0.5) is 10.1 Å². The van der Waals surface area contributed by atoms with E-state index in [0.29, 0.717) is 5.69 Å². The van der Waals surface area contributed by atoms with Gasteiger partial charge in [0.2, 0.25) is 0 Å². The Morgan fingerprint density at radius 3 is 2.45 bits per heavy atom. The molecule has 0 aliphatic rings. The number of nitrogens with zero attached hydrogens (tertiary/aromatic N) is 1. The fraction of sp³-hybridized carbons (Fsp3) is 0.250. The van der Waals surface area contributed by atoms with Crippen LogP contribution in [0, 0.1) is 5.82 Å². The molecule has 0 aromatic heterocycles. The van der Waals surface area contributed by atoms with Crippen molar-refractivity contribution in [3.8, 4) is 5.75 Å². The number of benzene rings is 1. The number of halogens is 1. The van der Waals surface area contributed by atoms with Crippen LogP contribution >= 0.6 is 0 Å². The lowest BCUT2D eigenvalue weighted by molar-refractivity contribution is 0.469. The third kappa shape index (κ3) is 1.61. The average molecular weight is 155 g/mol. The molecule has 0 atom stereocenters. The number of hydrogen-bond acceptors (Lipinski definition) is 2. The Hall–Kier alpha value is -1.25. The largest absolute Gasteiger partial charge is 0.508 e. The maximum atomic E-state index is 12.9. The van der Waals surface area contributed by atoms with E-state index in [1.54, 1.807) is 19.0 Å². The van der Waals surface area contributed by atoms with Gasteiger partial charge in [-0.25, -0.2) is 4.39 Å². The molecule has 3 heteroatoms. The van der Waals surface area contributed by atoms with E-state index in [9.17, 15) is 4.39 Å². The lowest BCUT2D eigenvalue weighted by Crippen LogP contribution is -2.10. The highest BCUT2D eigenvalue weighted by atomic mass is 19.1. The number of aromatic hydroxyl groups is 1. The minimum absolute atomic E-state index is 0.0481. The minimum atomic E-state index is -0.407. The molecule has 0 saturated heterocycles. The maximum absolute atomic E-state index is 12.9. The first-order valence-corrected chi connectivity index (χ1v) is 3.27. The van der Waals surface area contributed by atoms with Crippen molar-refractivity contribution in [2.75, 3.05) is 19.0 Å². The van der Waals surface area contributed by atoms with Gasteiger partial charge in [0.1, 0.15) is 11.6 Å². The van der Waals surface area contributed by atoms with E-state index in [1.165, 1.54) is 12.1 Å². The quantitative estimate of drug-likeness (QED) is 0.665. The summed E-state index contributed by atoms with van der Waals surface area (Å²) >= 11 is 0. The molecular weight excluding hydrogens is 145 g/mol. The minimum Gasteiger partial charge on any atom is -0.508 e. The van der Waals surface area contributed by atoms with E-state index in [4.69, 9.17) is 5.11 Å². The van der Waals surface area contributed by atoms with Gasteiger partial charge in [-0.2, -0.15) is 0 Å². The Bertz CT molecular complexity index is 260. The highest BCUT2D eigenvalue weighted by Gasteiger charge is 2.03. The van der Waals surface area contributed by atoms with Gasteiger partial charge in [0.05, 0.1) is 5.69 Å². The summed E-state index contributed by atoms with van der Waals surface area (Å²) in [6, 6.07) is 4.08. The van der Waals surface area contributed by atoms with Crippen LogP contribution in [-0.4, -0.2) is 19.2 Å². The van der Waals surface area contributed by atoms with Gasteiger partial charge in [0.25, 0.3) is 0 Å². The van der Waals surface area contributed by atoms with Crippen LogP contribution < -0.4 is 4.90 Å². The molecule has 1 aromatic rings. The highest BCUT2D eigenvalue weighted by molar-refractivity contribution is 5.48. The van der Waals surface area contributed by atoms with E-state index >= 15 is 0 Å². The van der Waals surface area contributed by atoms with Gasteiger partial charge < -0.3 is 10.0 Å². The number of anilines is 1. The topological polar surface area (TPSA) is 23.5 Å². The molecule has 0 spiro atoms. The smallest absolute Gasteiger partial charge is 0.150 e. The SMILES string of the molecule is CN(C)c1ccc(O)cc1F. The zero-order chi connectivity index (χ0) is 8.43. The molecule has 60 valence electrons. The molecule has 0 radical (unpaired) electrons. The van der Waals surface area contributed by atoms with Gasteiger partial charge in [-0.1, -0.05) is 0 Å². The fourth-order valence-electron chi connectivity index (χ4n) is 0.859. The molecule has 1 aromatic carbocycles. The van der Waals surface area contributed by atoms with Crippen molar-refractivity contribution in [3.05, 3.63) is 24.0 Å². The van der Waals surface area contributed by atoms with E-state index < -0.39 is 5.82 Å². The first-order chi connectivity index (χ1) is 5.11. The molecule has 1 N–H and O–H groups in total. The van der Waals surface area contributed by atoms with E-state index in [-0.39, 0.29) is 5.75 Å². The van der Waals surface area contributed by atoms with Crippen LogP contribution in [0.25, 0.3) is 0 Å². The lowest BCUT2D eigenvalue weighted by atomic mass is 10.3. The Morgan fingerprint density at radius 2 is 2.00 bits per heavy atom. The molecule has 0 fully saturated rings. The second kappa shape index (κ2) is 2.78. The standard InChI is InChI=1S/C8H10FNO/c1-10(2)8-4-3-6(11)5-7(8)9/h3-5,11H,1-2H3. The van der Waals surface area contributed by atoms with Crippen molar-refractivity contribution in [2.45, 2.75) is 0 Å². The summed E-state index contributed by atoms with van der Waals surface area (Å²) in [6.45, 7) is 0. The molecule has 1 rings (SSSR count). The Balaban J connectivity index is 3.09. The summed E-state index contributed by atoms with van der Waals surface area (Å²) in [5, 5.41) is 8.86. The van der Waals surface area contributed by atoms with Crippen molar-refractivity contribution in [2.24, 2.45) is 0 Å². The molecule has 2 nitrogen and oxygen atoms in total. The van der Waals surface area contributed by atoms with Crippen LogP contribution in [-0.2, 0) is 0 Å². The molecule has 0 saturated carbocycles. The van der Waals surface area contributed by atoms with Gasteiger partial charge in [-0.05, 0) is 12.1 Å². The Morgan fingerprint density at radius 1 is 1.36 bits per heavy atom. The zero-order valence-electron chi connectivity index (χ0n) is 6.50. The van der Waals surface area contributed by atoms with Crippen molar-refractivity contribution in [1.82, 2.24) is 0 Å². The normalized spacial score (nSPS) is 9.73. The number of phenols is 1. The second-order valence-corrected chi connectivity index (χ2v) is 2.53. The average Bonchev–Trinajstić information content (AvgIpc) is 1.85. The summed E-state index contributed by atoms with van der Waals surface area (Å²) in [6.07, 6.45) is 0. The van der Waals surface area contributed by atoms with Gasteiger partial charge in [0, 0.05) is 20.2 Å². The van der Waals surface area contributed by atoms with Crippen LogP contribution in [0.1, 0.15) is 0 Å². The third-order valence-electron chi connectivity index (χ3n) is 1.41. The number of hydrogen-bond donors (Lipinski definition) is 1. The van der Waals surface area contributed by atoms with E-state index in [1.807, 2.05) is 0 Å². The van der Waals surface area contributed by atoms with E-state index in [2.05, 4.69) is 0 Å². The summed E-state index contributed by atoms with van der Waals surface area (Å²) in [5.41, 5.74) is 0.475. The maximum Gasteiger partial charge on any atom is 0.150 e. The third-order valence-corrected chi connectivity index (χ3v) is 1.41. The molecule has 0 aliphatic heterocycles. The van der Waals surface area contributed by atoms with Crippen LogP contribution in [0.3, 0.4) is 0 Å². The van der Waals surface area contributed by atoms with Crippen molar-refractivity contribution in [1.29, 1.82) is 0 Å². The highest BCUT2D eigenvalue weighted by Crippen LogP contribution is 2.20. The zero-order valence-corrected chi connectivity index (χ0v) is 6.50. The van der Waals surface area contributed by atoms with Crippen molar-refractivity contribution >= 4 is 5.69 Å². The van der Waals surface area contributed by atoms with Gasteiger partial charge in [0.15, 0.2) is 0 Å². The van der Waals surface area contributed by atoms with Crippen LogP contribution in [0.15, 0.2) is 18.2 Å². The van der Waals surface area contributed by atoms with Crippen molar-refractivity contribution in [3.63, 3.8) is 0 Å². The molecule has 0 heterocycles. The van der Waals surface area contributed by atoms with E-state index in [0.717, 1.165) is 6.07 Å². The first kappa shape index (κ1) is 7.85. The Labute approximate surface area is 64.9 Å². The molecule has 0 aliphatic carbocycles.